The van der Waals surface area contributed by atoms with Crippen LogP contribution in [0.4, 0.5) is 9.18 Å². The molecule has 1 aromatic heterocycles. The van der Waals surface area contributed by atoms with Gasteiger partial charge >= 0.3 is 6.09 Å². The van der Waals surface area contributed by atoms with Crippen LogP contribution in [0.15, 0.2) is 18.3 Å². The highest BCUT2D eigenvalue weighted by Crippen LogP contribution is 2.18. The Morgan fingerprint density at radius 3 is 3.15 bits per heavy atom. The van der Waals surface area contributed by atoms with Gasteiger partial charge in [-0.05, 0) is 6.07 Å². The zero-order chi connectivity index (χ0) is 9.26. The number of hydrogen-bond acceptors (Lipinski definition) is 3. The molecule has 1 unspecified atom stereocenters. The van der Waals surface area contributed by atoms with E-state index in [1.54, 1.807) is 12.1 Å². The molecule has 68 valence electrons. The van der Waals surface area contributed by atoms with Gasteiger partial charge in [0.05, 0.1) is 6.04 Å². The second-order valence-electron chi connectivity index (χ2n) is 2.68. The maximum atomic E-state index is 13.1. The Bertz CT molecular complexity index is 343. The largest absolute Gasteiger partial charge is 0.447 e. The fourth-order valence-electron chi connectivity index (χ4n) is 1.21. The summed E-state index contributed by atoms with van der Waals surface area (Å²) in [7, 11) is 0. The summed E-state index contributed by atoms with van der Waals surface area (Å²) in [6.07, 6.45) is 0.837. The van der Waals surface area contributed by atoms with E-state index in [2.05, 4.69) is 15.0 Å². The van der Waals surface area contributed by atoms with Crippen molar-refractivity contribution < 1.29 is 13.9 Å². The van der Waals surface area contributed by atoms with E-state index >= 15 is 0 Å². The summed E-state index contributed by atoms with van der Waals surface area (Å²) in [6.45, 7) is 0.154. The summed E-state index contributed by atoms with van der Waals surface area (Å²) in [6, 6.07) is 2.77. The fourth-order valence-corrected chi connectivity index (χ4v) is 1.21. The van der Waals surface area contributed by atoms with Gasteiger partial charge in [-0.1, -0.05) is 6.07 Å². The first-order valence-corrected chi connectivity index (χ1v) is 3.81. The highest BCUT2D eigenvalue weighted by Gasteiger charge is 2.26. The van der Waals surface area contributed by atoms with Crippen LogP contribution in [-0.4, -0.2) is 17.7 Å². The average Bonchev–Trinajstić information content (AvgIpc) is 2.53. The number of nitrogens with one attached hydrogen (secondary N) is 1. The number of carbonyl (C=O) groups excluding carboxylic acids is 1. The molecule has 1 aliphatic heterocycles. The molecule has 5 heteroatoms. The summed E-state index contributed by atoms with van der Waals surface area (Å²) >= 11 is 0. The molecular weight excluding hydrogens is 175 g/mol. The van der Waals surface area contributed by atoms with E-state index in [0.29, 0.717) is 5.56 Å². The van der Waals surface area contributed by atoms with Crippen molar-refractivity contribution in [3.05, 3.63) is 29.8 Å². The first kappa shape index (κ1) is 7.97. The zero-order valence-electron chi connectivity index (χ0n) is 6.66. The van der Waals surface area contributed by atoms with Gasteiger partial charge in [-0.15, -0.1) is 0 Å². The molecule has 0 spiro atoms. The molecule has 1 saturated heterocycles. The Morgan fingerprint density at radius 2 is 2.54 bits per heavy atom. The molecule has 0 saturated carbocycles. The molecule has 0 aliphatic carbocycles. The molecule has 0 bridgehead atoms. The van der Waals surface area contributed by atoms with Gasteiger partial charge < -0.3 is 10.1 Å². The van der Waals surface area contributed by atoms with Gasteiger partial charge in [0.1, 0.15) is 6.61 Å². The van der Waals surface area contributed by atoms with Crippen molar-refractivity contribution in [1.29, 1.82) is 0 Å². The minimum Gasteiger partial charge on any atom is -0.447 e. The van der Waals surface area contributed by atoms with E-state index < -0.39 is 18.1 Å². The van der Waals surface area contributed by atoms with Gasteiger partial charge in [-0.25, -0.2) is 9.78 Å². The third kappa shape index (κ3) is 1.44. The van der Waals surface area contributed by atoms with Crippen LogP contribution in [0.25, 0.3) is 0 Å². The maximum absolute atomic E-state index is 13.1. The first-order chi connectivity index (χ1) is 6.27. The average molecular weight is 182 g/mol. The molecule has 1 N–H and O–H groups in total. The minimum absolute atomic E-state index is 0.154. The summed E-state index contributed by atoms with van der Waals surface area (Å²) in [5.74, 6) is -0.571. The number of halogens is 1. The summed E-state index contributed by atoms with van der Waals surface area (Å²) in [5.41, 5.74) is 0.355. The number of cyclic esters (lactones) is 1. The lowest BCUT2D eigenvalue weighted by Crippen LogP contribution is -2.19. The van der Waals surface area contributed by atoms with Crippen LogP contribution >= 0.6 is 0 Å². The molecule has 1 fully saturated rings. The second-order valence-corrected chi connectivity index (χ2v) is 2.68. The number of aromatic nitrogens is 1. The van der Waals surface area contributed by atoms with Crippen molar-refractivity contribution in [2.75, 3.05) is 6.61 Å². The highest BCUT2D eigenvalue weighted by molar-refractivity contribution is 5.70. The summed E-state index contributed by atoms with van der Waals surface area (Å²) in [4.78, 5) is 14.1. The van der Waals surface area contributed by atoms with Crippen LogP contribution in [0, 0.1) is 5.95 Å². The third-order valence-electron chi connectivity index (χ3n) is 1.84. The SMILES string of the molecule is O=C1NC(c2cccnc2F)CO1. The van der Waals surface area contributed by atoms with Crippen molar-refractivity contribution in [3.63, 3.8) is 0 Å². The Labute approximate surface area is 73.7 Å². The van der Waals surface area contributed by atoms with Crippen LogP contribution in [0.5, 0.6) is 0 Å². The predicted octanol–water partition coefficient (Wildman–Crippen LogP) is 1.00. The third-order valence-corrected chi connectivity index (χ3v) is 1.84. The van der Waals surface area contributed by atoms with Crippen LogP contribution < -0.4 is 5.32 Å². The normalized spacial score (nSPS) is 21.0. The van der Waals surface area contributed by atoms with Crippen molar-refractivity contribution >= 4 is 6.09 Å². The summed E-state index contributed by atoms with van der Waals surface area (Å²) in [5, 5.41) is 2.47. The molecule has 0 radical (unpaired) electrons. The van der Waals surface area contributed by atoms with Gasteiger partial charge in [0.2, 0.25) is 5.95 Å². The number of pyridine rings is 1. The lowest BCUT2D eigenvalue weighted by Gasteiger charge is -2.06. The summed E-state index contributed by atoms with van der Waals surface area (Å²) < 4.78 is 17.7. The second kappa shape index (κ2) is 3.01. The van der Waals surface area contributed by atoms with Crippen molar-refractivity contribution in [3.8, 4) is 0 Å². The fraction of sp³-hybridized carbons (Fsp3) is 0.250. The van der Waals surface area contributed by atoms with E-state index in [-0.39, 0.29) is 6.61 Å². The lowest BCUT2D eigenvalue weighted by molar-refractivity contribution is 0.176. The van der Waals surface area contributed by atoms with Gasteiger partial charge in [0.25, 0.3) is 0 Å². The van der Waals surface area contributed by atoms with Gasteiger partial charge in [-0.2, -0.15) is 4.39 Å². The van der Waals surface area contributed by atoms with Crippen molar-refractivity contribution in [1.82, 2.24) is 10.3 Å². The number of alkyl carbamates (subject to hydrolysis) is 1. The van der Waals surface area contributed by atoms with Crippen LogP contribution in [-0.2, 0) is 4.74 Å². The molecule has 2 rings (SSSR count). The monoisotopic (exact) mass is 182 g/mol. The topological polar surface area (TPSA) is 51.2 Å². The number of nitrogens with zero attached hydrogens (tertiary/aromatic N) is 1. The highest BCUT2D eigenvalue weighted by atomic mass is 19.1. The quantitative estimate of drug-likeness (QED) is 0.659. The van der Waals surface area contributed by atoms with Crippen LogP contribution in [0.3, 0.4) is 0 Å². The number of amides is 1. The number of rotatable bonds is 1. The Kier molecular flexibility index (Phi) is 1.84. The molecule has 2 heterocycles. The lowest BCUT2D eigenvalue weighted by atomic mass is 10.1. The Morgan fingerprint density at radius 1 is 1.69 bits per heavy atom. The van der Waals surface area contributed by atoms with Gasteiger partial charge in [0, 0.05) is 11.8 Å². The van der Waals surface area contributed by atoms with Crippen molar-refractivity contribution in [2.24, 2.45) is 0 Å². The van der Waals surface area contributed by atoms with Crippen LogP contribution in [0.1, 0.15) is 11.6 Å². The Balaban J connectivity index is 2.26. The molecule has 1 aromatic rings. The van der Waals surface area contributed by atoms with Gasteiger partial charge in [0.15, 0.2) is 0 Å². The van der Waals surface area contributed by atoms with E-state index in [1.807, 2.05) is 0 Å². The maximum Gasteiger partial charge on any atom is 0.407 e. The van der Waals surface area contributed by atoms with Crippen molar-refractivity contribution in [2.45, 2.75) is 6.04 Å². The molecule has 13 heavy (non-hydrogen) atoms. The van der Waals surface area contributed by atoms with E-state index in [0.717, 1.165) is 0 Å². The number of hydrogen-bond donors (Lipinski definition) is 1. The number of ether oxygens (including phenoxy) is 1. The molecule has 1 atom stereocenters. The van der Waals surface area contributed by atoms with E-state index in [4.69, 9.17) is 0 Å². The van der Waals surface area contributed by atoms with Gasteiger partial charge in [-0.3, -0.25) is 0 Å². The van der Waals surface area contributed by atoms with E-state index in [1.165, 1.54) is 6.20 Å². The molecular formula is C8H7FN2O2. The van der Waals surface area contributed by atoms with E-state index in [9.17, 15) is 9.18 Å². The smallest absolute Gasteiger partial charge is 0.407 e. The molecule has 0 aromatic carbocycles. The Hall–Kier alpha value is -1.65. The predicted molar refractivity (Wildman–Crippen MR) is 41.4 cm³/mol. The van der Waals surface area contributed by atoms with Crippen LogP contribution in [0.2, 0.25) is 0 Å². The molecule has 4 nitrogen and oxygen atoms in total. The minimum atomic E-state index is -0.571. The standard InChI is InChI=1S/C8H7FN2O2/c9-7-5(2-1-3-10-7)6-4-13-8(12)11-6/h1-3,6H,4H2,(H,11,12). The molecule has 1 amide bonds. The number of carbonyl (C=O) groups is 1. The first-order valence-electron chi connectivity index (χ1n) is 3.81. The molecule has 1 aliphatic rings. The zero-order valence-corrected chi connectivity index (χ0v) is 6.66.